The minimum absolute atomic E-state index is 0.276. The number of hydrogen-bond acceptors (Lipinski definition) is 1. The fraction of sp³-hybridized carbons (Fsp3) is 0.824. The second-order valence-electron chi connectivity index (χ2n) is 5.23. The van der Waals surface area contributed by atoms with Crippen molar-refractivity contribution in [1.82, 2.24) is 0 Å². The van der Waals surface area contributed by atoms with E-state index in [-0.39, 0.29) is 5.78 Å². The van der Waals surface area contributed by atoms with Gasteiger partial charge in [-0.15, -0.1) is 5.92 Å². The molecule has 0 radical (unpaired) electrons. The molecule has 0 aliphatic heterocycles. The summed E-state index contributed by atoms with van der Waals surface area (Å²) < 4.78 is 0. The maximum Gasteiger partial charge on any atom is 0.131 e. The van der Waals surface area contributed by atoms with Gasteiger partial charge >= 0.3 is 0 Å². The molecule has 0 aromatic rings. The van der Waals surface area contributed by atoms with Crippen LogP contribution in [0.2, 0.25) is 0 Å². The highest BCUT2D eigenvalue weighted by atomic mass is 16.1. The lowest BCUT2D eigenvalue weighted by Crippen LogP contribution is -2.03. The first-order valence-corrected chi connectivity index (χ1v) is 7.68. The SMILES string of the molecule is CCCCCC#CC(CCCCCC)CC(C)=O. The molecular formula is C17H30O. The van der Waals surface area contributed by atoms with Crippen molar-refractivity contribution in [3.8, 4) is 11.8 Å². The van der Waals surface area contributed by atoms with E-state index in [9.17, 15) is 4.79 Å². The predicted molar refractivity (Wildman–Crippen MR) is 79.5 cm³/mol. The second kappa shape index (κ2) is 12.7. The molecule has 0 amide bonds. The van der Waals surface area contributed by atoms with Crippen molar-refractivity contribution in [1.29, 1.82) is 0 Å². The summed E-state index contributed by atoms with van der Waals surface area (Å²) in [4.78, 5) is 11.2. The van der Waals surface area contributed by atoms with Crippen LogP contribution in [0.1, 0.15) is 85.0 Å². The Morgan fingerprint density at radius 2 is 1.67 bits per heavy atom. The molecule has 1 atom stereocenters. The first-order chi connectivity index (χ1) is 8.70. The van der Waals surface area contributed by atoms with Crippen LogP contribution in [0, 0.1) is 17.8 Å². The zero-order valence-corrected chi connectivity index (χ0v) is 12.6. The van der Waals surface area contributed by atoms with Crippen LogP contribution < -0.4 is 0 Å². The van der Waals surface area contributed by atoms with Gasteiger partial charge in [-0.25, -0.2) is 0 Å². The highest BCUT2D eigenvalue weighted by Crippen LogP contribution is 2.14. The largest absolute Gasteiger partial charge is 0.300 e. The summed E-state index contributed by atoms with van der Waals surface area (Å²) in [6, 6.07) is 0. The van der Waals surface area contributed by atoms with Crippen LogP contribution in [0.25, 0.3) is 0 Å². The molecule has 0 saturated carbocycles. The number of carbonyl (C=O) groups is 1. The molecule has 0 N–H and O–H groups in total. The minimum atomic E-state index is 0.276. The lowest BCUT2D eigenvalue weighted by molar-refractivity contribution is -0.117. The third-order valence-electron chi connectivity index (χ3n) is 3.15. The Morgan fingerprint density at radius 1 is 1.00 bits per heavy atom. The molecule has 1 heteroatoms. The molecule has 0 aliphatic carbocycles. The van der Waals surface area contributed by atoms with E-state index in [1.54, 1.807) is 6.92 Å². The van der Waals surface area contributed by atoms with Gasteiger partial charge in [0, 0.05) is 18.8 Å². The van der Waals surface area contributed by atoms with Gasteiger partial charge in [0.15, 0.2) is 0 Å². The van der Waals surface area contributed by atoms with Crippen molar-refractivity contribution in [3.63, 3.8) is 0 Å². The van der Waals surface area contributed by atoms with Crippen LogP contribution in [0.4, 0.5) is 0 Å². The average molecular weight is 250 g/mol. The molecule has 0 aromatic heterocycles. The monoisotopic (exact) mass is 250 g/mol. The van der Waals surface area contributed by atoms with Gasteiger partial charge in [-0.1, -0.05) is 58.3 Å². The van der Waals surface area contributed by atoms with Crippen LogP contribution in [0.3, 0.4) is 0 Å². The van der Waals surface area contributed by atoms with Crippen molar-refractivity contribution in [2.24, 2.45) is 5.92 Å². The van der Waals surface area contributed by atoms with E-state index >= 15 is 0 Å². The van der Waals surface area contributed by atoms with Crippen molar-refractivity contribution in [3.05, 3.63) is 0 Å². The van der Waals surface area contributed by atoms with Crippen LogP contribution in [-0.4, -0.2) is 5.78 Å². The second-order valence-corrected chi connectivity index (χ2v) is 5.23. The number of rotatable bonds is 10. The number of ketones is 1. The molecule has 1 nitrogen and oxygen atoms in total. The average Bonchev–Trinajstić information content (AvgIpc) is 2.33. The summed E-state index contributed by atoms with van der Waals surface area (Å²) in [7, 11) is 0. The number of unbranched alkanes of at least 4 members (excludes halogenated alkanes) is 6. The van der Waals surface area contributed by atoms with E-state index in [1.165, 1.54) is 44.9 Å². The van der Waals surface area contributed by atoms with Crippen molar-refractivity contribution < 1.29 is 4.79 Å². The summed E-state index contributed by atoms with van der Waals surface area (Å²) in [5.74, 6) is 7.16. The van der Waals surface area contributed by atoms with Crippen LogP contribution in [-0.2, 0) is 4.79 Å². The molecule has 0 spiro atoms. The summed E-state index contributed by atoms with van der Waals surface area (Å²) >= 11 is 0. The molecule has 0 rings (SSSR count). The van der Waals surface area contributed by atoms with Gasteiger partial charge in [0.2, 0.25) is 0 Å². The van der Waals surface area contributed by atoms with Gasteiger partial charge in [0.25, 0.3) is 0 Å². The van der Waals surface area contributed by atoms with E-state index in [0.717, 1.165) is 12.8 Å². The molecule has 18 heavy (non-hydrogen) atoms. The maximum absolute atomic E-state index is 11.2. The van der Waals surface area contributed by atoms with Gasteiger partial charge < -0.3 is 0 Å². The van der Waals surface area contributed by atoms with Crippen LogP contribution in [0.15, 0.2) is 0 Å². The Bertz CT molecular complexity index is 257. The zero-order valence-electron chi connectivity index (χ0n) is 12.6. The fourth-order valence-corrected chi connectivity index (χ4v) is 2.07. The Morgan fingerprint density at radius 3 is 2.28 bits per heavy atom. The van der Waals surface area contributed by atoms with Crippen molar-refractivity contribution >= 4 is 5.78 Å². The third-order valence-corrected chi connectivity index (χ3v) is 3.15. The topological polar surface area (TPSA) is 17.1 Å². The Labute approximate surface area is 114 Å². The number of carbonyl (C=O) groups excluding carboxylic acids is 1. The minimum Gasteiger partial charge on any atom is -0.300 e. The smallest absolute Gasteiger partial charge is 0.131 e. The summed E-state index contributed by atoms with van der Waals surface area (Å²) in [6.07, 6.45) is 11.5. The normalized spacial score (nSPS) is 11.7. The van der Waals surface area contributed by atoms with Gasteiger partial charge in [-0.2, -0.15) is 0 Å². The highest BCUT2D eigenvalue weighted by molar-refractivity contribution is 5.76. The third kappa shape index (κ3) is 11.7. The molecule has 0 heterocycles. The molecular weight excluding hydrogens is 220 g/mol. The van der Waals surface area contributed by atoms with E-state index < -0.39 is 0 Å². The van der Waals surface area contributed by atoms with Crippen molar-refractivity contribution in [2.45, 2.75) is 85.0 Å². The van der Waals surface area contributed by atoms with Crippen molar-refractivity contribution in [2.75, 3.05) is 0 Å². The van der Waals surface area contributed by atoms with Gasteiger partial charge in [0.1, 0.15) is 5.78 Å². The first-order valence-electron chi connectivity index (χ1n) is 7.68. The molecule has 1 unspecified atom stereocenters. The Kier molecular flexibility index (Phi) is 12.1. The highest BCUT2D eigenvalue weighted by Gasteiger charge is 2.07. The summed E-state index contributed by atoms with van der Waals surface area (Å²) in [5, 5.41) is 0. The van der Waals surface area contributed by atoms with Crippen LogP contribution in [0.5, 0.6) is 0 Å². The van der Waals surface area contributed by atoms with E-state index in [2.05, 4.69) is 25.7 Å². The van der Waals surface area contributed by atoms with E-state index in [0.29, 0.717) is 12.3 Å². The lowest BCUT2D eigenvalue weighted by atomic mass is 9.96. The quantitative estimate of drug-likeness (QED) is 0.388. The molecule has 104 valence electrons. The number of hydrogen-bond donors (Lipinski definition) is 0. The predicted octanol–water partition coefficient (Wildman–Crippen LogP) is 5.14. The first kappa shape index (κ1) is 17.2. The molecule has 0 aliphatic rings. The Balaban J connectivity index is 3.93. The van der Waals surface area contributed by atoms with Crippen LogP contribution >= 0.6 is 0 Å². The molecule has 0 aromatic carbocycles. The Hall–Kier alpha value is -0.770. The van der Waals surface area contributed by atoms with Gasteiger partial charge in [-0.05, 0) is 19.8 Å². The van der Waals surface area contributed by atoms with Gasteiger partial charge in [0.05, 0.1) is 0 Å². The summed E-state index contributed by atoms with van der Waals surface area (Å²) in [5.41, 5.74) is 0. The zero-order chi connectivity index (χ0) is 13.6. The molecule has 0 bridgehead atoms. The maximum atomic E-state index is 11.2. The fourth-order valence-electron chi connectivity index (χ4n) is 2.07. The molecule has 0 fully saturated rings. The summed E-state index contributed by atoms with van der Waals surface area (Å²) in [6.45, 7) is 6.11. The van der Waals surface area contributed by atoms with E-state index in [4.69, 9.17) is 0 Å². The van der Waals surface area contributed by atoms with E-state index in [1.807, 2.05) is 0 Å². The number of Topliss-reactive ketones (excluding diaryl/α,β-unsaturated/α-hetero) is 1. The van der Waals surface area contributed by atoms with Gasteiger partial charge in [-0.3, -0.25) is 4.79 Å². The lowest BCUT2D eigenvalue weighted by Gasteiger charge is -2.08. The standard InChI is InChI=1S/C17H30O/c1-4-6-8-10-12-14-17(15-16(3)18)13-11-9-7-5-2/h17H,4-11,13,15H2,1-3H3. The molecule has 0 saturated heterocycles.